The minimum Gasteiger partial charge on any atom is -0.478 e. The van der Waals surface area contributed by atoms with Crippen molar-refractivity contribution in [3.8, 4) is 27.7 Å². The number of benzene rings is 1. The maximum absolute atomic E-state index is 13.2. The van der Waals surface area contributed by atoms with Crippen LogP contribution in [0.25, 0.3) is 22.0 Å². The summed E-state index contributed by atoms with van der Waals surface area (Å²) in [5, 5.41) is 2.76. The Hall–Kier alpha value is -3.26. The first-order chi connectivity index (χ1) is 15.4. The first-order valence-electron chi connectivity index (χ1n) is 10.6. The Balaban J connectivity index is 1.72. The molecule has 0 N–H and O–H groups in total. The van der Waals surface area contributed by atoms with Gasteiger partial charge in [0.1, 0.15) is 16.8 Å². The molecule has 1 aliphatic heterocycles. The van der Waals surface area contributed by atoms with E-state index in [4.69, 9.17) is 14.5 Å². The molecular weight excluding hydrogens is 426 g/mol. The number of carbonyl (C=O) groups is 2. The highest BCUT2D eigenvalue weighted by Gasteiger charge is 2.39. The molecule has 7 nitrogen and oxygen atoms in total. The average molecular weight is 452 g/mol. The van der Waals surface area contributed by atoms with E-state index < -0.39 is 18.1 Å². The van der Waals surface area contributed by atoms with Crippen molar-refractivity contribution in [2.45, 2.75) is 52.4 Å². The molecule has 0 fully saturated rings. The van der Waals surface area contributed by atoms with Gasteiger partial charge in [0, 0.05) is 17.1 Å². The molecule has 0 saturated heterocycles. The van der Waals surface area contributed by atoms with Gasteiger partial charge >= 0.3 is 5.97 Å². The number of rotatable bonds is 6. The van der Waals surface area contributed by atoms with E-state index in [1.165, 1.54) is 16.2 Å². The summed E-state index contributed by atoms with van der Waals surface area (Å²) in [6.07, 6.45) is 1.33. The number of thiazole rings is 1. The number of aromatic nitrogens is 2. The Labute approximate surface area is 191 Å². The van der Waals surface area contributed by atoms with E-state index in [1.54, 1.807) is 27.0 Å². The summed E-state index contributed by atoms with van der Waals surface area (Å²) in [6.45, 7) is 7.13. The van der Waals surface area contributed by atoms with Crippen molar-refractivity contribution in [2.24, 2.45) is 0 Å². The van der Waals surface area contributed by atoms with Crippen molar-refractivity contribution in [3.05, 3.63) is 48.0 Å². The number of hydrogen-bond donors (Lipinski definition) is 0. The standard InChI is InChI=1S/C24H25N3O4S/c1-5-20-23(28)27(15(4)24(29)30-14(2)3)19-12-16(9-10-21(19)31-20)18-13-32-22(26-18)17-8-6-7-11-25-17/h6-15,20H,5H2,1-4H3. The highest BCUT2D eigenvalue weighted by molar-refractivity contribution is 7.13. The summed E-state index contributed by atoms with van der Waals surface area (Å²) in [5.41, 5.74) is 2.93. The van der Waals surface area contributed by atoms with Crippen LogP contribution in [0.5, 0.6) is 5.75 Å². The van der Waals surface area contributed by atoms with E-state index in [-0.39, 0.29) is 12.0 Å². The zero-order chi connectivity index (χ0) is 22.8. The number of carbonyl (C=O) groups excluding carboxylic acids is 2. The number of amides is 1. The second-order valence-electron chi connectivity index (χ2n) is 7.82. The van der Waals surface area contributed by atoms with Gasteiger partial charge in [0.2, 0.25) is 0 Å². The van der Waals surface area contributed by atoms with Crippen molar-refractivity contribution in [1.29, 1.82) is 0 Å². The van der Waals surface area contributed by atoms with Crippen LogP contribution in [-0.2, 0) is 14.3 Å². The fraction of sp³-hybridized carbons (Fsp3) is 0.333. The Bertz CT molecular complexity index is 1130. The zero-order valence-corrected chi connectivity index (χ0v) is 19.3. The molecule has 8 heteroatoms. The molecule has 0 radical (unpaired) electrons. The van der Waals surface area contributed by atoms with Crippen molar-refractivity contribution >= 4 is 28.9 Å². The smallest absolute Gasteiger partial charge is 0.329 e. The summed E-state index contributed by atoms with van der Waals surface area (Å²) in [5.74, 6) is -0.144. The first-order valence-corrected chi connectivity index (χ1v) is 11.5. The van der Waals surface area contributed by atoms with E-state index in [2.05, 4.69) is 4.98 Å². The van der Waals surface area contributed by atoms with Gasteiger partial charge in [-0.1, -0.05) is 13.0 Å². The molecule has 166 valence electrons. The maximum atomic E-state index is 13.2. The van der Waals surface area contributed by atoms with Crippen molar-refractivity contribution in [1.82, 2.24) is 9.97 Å². The molecule has 0 bridgehead atoms. The van der Waals surface area contributed by atoms with E-state index in [1.807, 2.05) is 48.7 Å². The van der Waals surface area contributed by atoms with Gasteiger partial charge in [0.15, 0.2) is 6.10 Å². The van der Waals surface area contributed by atoms with Gasteiger partial charge < -0.3 is 9.47 Å². The van der Waals surface area contributed by atoms with Crippen molar-refractivity contribution in [3.63, 3.8) is 0 Å². The average Bonchev–Trinajstić information content (AvgIpc) is 3.28. The van der Waals surface area contributed by atoms with Crippen LogP contribution in [0.15, 0.2) is 48.0 Å². The molecule has 4 rings (SSSR count). The lowest BCUT2D eigenvalue weighted by Gasteiger charge is -2.37. The van der Waals surface area contributed by atoms with Crippen LogP contribution in [0, 0.1) is 0 Å². The van der Waals surface area contributed by atoms with Gasteiger partial charge in [-0.05, 0) is 57.5 Å². The number of esters is 1. The van der Waals surface area contributed by atoms with Gasteiger partial charge in [0.25, 0.3) is 5.91 Å². The number of pyridine rings is 1. The molecule has 3 heterocycles. The van der Waals surface area contributed by atoms with Crippen LogP contribution in [0.1, 0.15) is 34.1 Å². The molecular formula is C24H25N3O4S. The SMILES string of the molecule is CCC1Oc2ccc(-c3csc(-c4ccccn4)n3)cc2N(C(C)C(=O)OC(C)C)C1=O. The van der Waals surface area contributed by atoms with Crippen LogP contribution < -0.4 is 9.64 Å². The topological polar surface area (TPSA) is 81.6 Å². The maximum Gasteiger partial charge on any atom is 0.329 e. The lowest BCUT2D eigenvalue weighted by atomic mass is 10.1. The minimum absolute atomic E-state index is 0.252. The van der Waals surface area contributed by atoms with Crippen LogP contribution in [0.2, 0.25) is 0 Å². The Kier molecular flexibility index (Phi) is 6.23. The van der Waals surface area contributed by atoms with Crippen LogP contribution in [-0.4, -0.2) is 40.1 Å². The fourth-order valence-corrected chi connectivity index (χ4v) is 4.35. The molecule has 2 atom stereocenters. The normalized spacial score (nSPS) is 16.5. The highest BCUT2D eigenvalue weighted by Crippen LogP contribution is 2.40. The van der Waals surface area contributed by atoms with Gasteiger partial charge in [-0.2, -0.15) is 0 Å². The molecule has 32 heavy (non-hydrogen) atoms. The van der Waals surface area contributed by atoms with Gasteiger partial charge in [0.05, 0.1) is 23.2 Å². The van der Waals surface area contributed by atoms with Gasteiger partial charge in [-0.25, -0.2) is 9.78 Å². The quantitative estimate of drug-likeness (QED) is 0.505. The largest absolute Gasteiger partial charge is 0.478 e. The fourth-order valence-electron chi connectivity index (χ4n) is 3.55. The highest BCUT2D eigenvalue weighted by atomic mass is 32.1. The van der Waals surface area contributed by atoms with Crippen molar-refractivity contribution in [2.75, 3.05) is 4.90 Å². The summed E-state index contributed by atoms with van der Waals surface area (Å²) >= 11 is 1.50. The van der Waals surface area contributed by atoms with E-state index in [9.17, 15) is 9.59 Å². The van der Waals surface area contributed by atoms with E-state index in [0.717, 1.165) is 22.0 Å². The second-order valence-corrected chi connectivity index (χ2v) is 8.68. The number of hydrogen-bond acceptors (Lipinski definition) is 7. The van der Waals surface area contributed by atoms with Crippen molar-refractivity contribution < 1.29 is 19.1 Å². The van der Waals surface area contributed by atoms with Crippen LogP contribution in [0.4, 0.5) is 5.69 Å². The Morgan fingerprint density at radius 1 is 1.22 bits per heavy atom. The summed E-state index contributed by atoms with van der Waals surface area (Å²) in [6, 6.07) is 10.5. The number of fused-ring (bicyclic) bond motifs is 1. The zero-order valence-electron chi connectivity index (χ0n) is 18.4. The lowest BCUT2D eigenvalue weighted by molar-refractivity contribution is -0.150. The number of nitrogens with zero attached hydrogens (tertiary/aromatic N) is 3. The molecule has 2 unspecified atom stereocenters. The molecule has 2 aromatic heterocycles. The van der Waals surface area contributed by atoms with Gasteiger partial charge in [-0.15, -0.1) is 11.3 Å². The third kappa shape index (κ3) is 4.23. The first kappa shape index (κ1) is 22.0. The molecule has 3 aromatic rings. The molecule has 1 amide bonds. The van der Waals surface area contributed by atoms with E-state index in [0.29, 0.717) is 17.9 Å². The number of anilines is 1. The monoisotopic (exact) mass is 451 g/mol. The van der Waals surface area contributed by atoms with E-state index >= 15 is 0 Å². The lowest BCUT2D eigenvalue weighted by Crippen LogP contribution is -2.52. The second kappa shape index (κ2) is 9.08. The third-order valence-electron chi connectivity index (χ3n) is 5.14. The molecule has 0 spiro atoms. The number of ether oxygens (including phenoxy) is 2. The summed E-state index contributed by atoms with van der Waals surface area (Å²) in [4.78, 5) is 36.4. The predicted octanol–water partition coefficient (Wildman–Crippen LogP) is 4.72. The van der Waals surface area contributed by atoms with Crippen LogP contribution in [0.3, 0.4) is 0 Å². The molecule has 0 aliphatic carbocycles. The molecule has 1 aliphatic rings. The molecule has 1 aromatic carbocycles. The van der Waals surface area contributed by atoms with Gasteiger partial charge in [-0.3, -0.25) is 14.7 Å². The Morgan fingerprint density at radius 3 is 2.72 bits per heavy atom. The summed E-state index contributed by atoms with van der Waals surface area (Å²) < 4.78 is 11.3. The Morgan fingerprint density at radius 2 is 2.03 bits per heavy atom. The van der Waals surface area contributed by atoms with Crippen LogP contribution >= 0.6 is 11.3 Å². The molecule has 0 saturated carbocycles. The summed E-state index contributed by atoms with van der Waals surface area (Å²) in [7, 11) is 0. The predicted molar refractivity (Wildman–Crippen MR) is 124 cm³/mol. The minimum atomic E-state index is -0.781. The third-order valence-corrected chi connectivity index (χ3v) is 6.00.